The molecule has 1 aliphatic rings. The monoisotopic (exact) mass is 386 g/mol. The van der Waals surface area contributed by atoms with Crippen LogP contribution in [-0.4, -0.2) is 33.1 Å². The zero-order valence-electron chi connectivity index (χ0n) is 15.7. The number of hydrogen-bond donors (Lipinski definition) is 2. The maximum Gasteiger partial charge on any atom is 0.225 e. The molecular weight excluding hydrogens is 368 g/mol. The molecule has 1 atom stereocenters. The number of ether oxygens (including phenoxy) is 1. The Morgan fingerprint density at radius 1 is 1.10 bits per heavy atom. The quantitative estimate of drug-likeness (QED) is 0.561. The van der Waals surface area contributed by atoms with Crippen LogP contribution in [0.5, 0.6) is 11.5 Å². The topological polar surface area (TPSA) is 89.3 Å². The van der Waals surface area contributed by atoms with Gasteiger partial charge < -0.3 is 15.2 Å². The Morgan fingerprint density at radius 3 is 2.72 bits per heavy atom. The lowest BCUT2D eigenvalue weighted by atomic mass is 9.84. The second-order valence-electron chi connectivity index (χ2n) is 6.96. The summed E-state index contributed by atoms with van der Waals surface area (Å²) in [5.74, 6) is 0.141. The van der Waals surface area contributed by atoms with Crippen molar-refractivity contribution in [2.45, 2.75) is 12.3 Å². The molecule has 7 nitrogen and oxygen atoms in total. The normalized spacial score (nSPS) is 15.8. The van der Waals surface area contributed by atoms with E-state index >= 15 is 0 Å². The Morgan fingerprint density at radius 2 is 1.93 bits per heavy atom. The predicted octanol–water partition coefficient (Wildman–Crippen LogP) is 3.61. The van der Waals surface area contributed by atoms with Gasteiger partial charge in [0.15, 0.2) is 11.5 Å². The lowest BCUT2D eigenvalue weighted by molar-refractivity contribution is -0.116. The molecule has 0 unspecified atom stereocenters. The molecule has 1 aliphatic heterocycles. The van der Waals surface area contributed by atoms with Gasteiger partial charge in [0.25, 0.3) is 0 Å². The van der Waals surface area contributed by atoms with E-state index in [0.717, 1.165) is 33.5 Å². The Bertz CT molecular complexity index is 1230. The highest BCUT2D eigenvalue weighted by molar-refractivity contribution is 5.99. The summed E-state index contributed by atoms with van der Waals surface area (Å²) in [6.07, 6.45) is 0.276. The van der Waals surface area contributed by atoms with E-state index in [2.05, 4.69) is 10.4 Å². The van der Waals surface area contributed by atoms with Crippen molar-refractivity contribution in [1.82, 2.24) is 15.0 Å². The van der Waals surface area contributed by atoms with Crippen molar-refractivity contribution in [3.63, 3.8) is 0 Å². The lowest BCUT2D eigenvalue weighted by Crippen LogP contribution is -2.23. The number of anilines is 1. The molecule has 0 spiro atoms. The van der Waals surface area contributed by atoms with E-state index in [9.17, 15) is 9.90 Å². The van der Waals surface area contributed by atoms with Gasteiger partial charge in [-0.15, -0.1) is 10.2 Å². The molecule has 29 heavy (non-hydrogen) atoms. The highest BCUT2D eigenvalue weighted by atomic mass is 16.5. The number of phenolic OH excluding ortho intramolecular Hbond substituents is 1. The first-order valence-electron chi connectivity index (χ1n) is 9.26. The molecule has 0 saturated carbocycles. The number of nitrogens with zero attached hydrogens (tertiary/aromatic N) is 3. The Labute approximate surface area is 166 Å². The Hall–Kier alpha value is -3.87. The van der Waals surface area contributed by atoms with Crippen molar-refractivity contribution in [1.29, 1.82) is 0 Å². The number of carbonyl (C=O) groups is 1. The van der Waals surface area contributed by atoms with Crippen LogP contribution < -0.4 is 10.1 Å². The van der Waals surface area contributed by atoms with Crippen LogP contribution in [0.1, 0.15) is 23.5 Å². The van der Waals surface area contributed by atoms with Crippen molar-refractivity contribution in [3.8, 4) is 17.2 Å². The zero-order valence-corrected chi connectivity index (χ0v) is 15.7. The number of benzene rings is 3. The number of nitrogens with one attached hydrogen (secondary N) is 1. The number of carbonyl (C=O) groups excluding carboxylic acids is 1. The minimum Gasteiger partial charge on any atom is -0.504 e. The van der Waals surface area contributed by atoms with Gasteiger partial charge in [0.05, 0.1) is 12.8 Å². The number of aromatic nitrogens is 3. The summed E-state index contributed by atoms with van der Waals surface area (Å²) in [5, 5.41) is 22.2. The van der Waals surface area contributed by atoms with Crippen LogP contribution in [0.2, 0.25) is 0 Å². The van der Waals surface area contributed by atoms with E-state index < -0.39 is 0 Å². The summed E-state index contributed by atoms with van der Waals surface area (Å²) in [5.41, 5.74) is 4.86. The average Bonchev–Trinajstić information content (AvgIpc) is 3.18. The minimum atomic E-state index is -0.224. The number of para-hydroxylation sites is 1. The van der Waals surface area contributed by atoms with Crippen molar-refractivity contribution < 1.29 is 14.6 Å². The van der Waals surface area contributed by atoms with Gasteiger partial charge >= 0.3 is 0 Å². The van der Waals surface area contributed by atoms with E-state index in [1.54, 1.807) is 16.9 Å². The van der Waals surface area contributed by atoms with Crippen LogP contribution in [0, 0.1) is 0 Å². The molecule has 4 aromatic rings. The molecule has 0 bridgehead atoms. The number of fused-ring (bicyclic) bond motifs is 3. The SMILES string of the molecule is COc1cc([C@H]2CC(=O)Nc3ccc4nn(-c5ccccc5)nc4c32)ccc1O. The molecule has 3 aromatic carbocycles. The van der Waals surface area contributed by atoms with Gasteiger partial charge in [0, 0.05) is 23.6 Å². The van der Waals surface area contributed by atoms with Crippen LogP contribution >= 0.6 is 0 Å². The minimum absolute atomic E-state index is 0.0602. The van der Waals surface area contributed by atoms with Gasteiger partial charge in [0.1, 0.15) is 11.0 Å². The zero-order chi connectivity index (χ0) is 20.0. The predicted molar refractivity (Wildman–Crippen MR) is 109 cm³/mol. The second kappa shape index (κ2) is 6.63. The summed E-state index contributed by atoms with van der Waals surface area (Å²) in [7, 11) is 1.50. The summed E-state index contributed by atoms with van der Waals surface area (Å²) in [6.45, 7) is 0. The van der Waals surface area contributed by atoms with Gasteiger partial charge in [-0.1, -0.05) is 24.3 Å². The van der Waals surface area contributed by atoms with Gasteiger partial charge in [-0.25, -0.2) is 0 Å². The molecule has 2 N–H and O–H groups in total. The Balaban J connectivity index is 1.71. The number of hydrogen-bond acceptors (Lipinski definition) is 5. The molecule has 1 amide bonds. The number of aromatic hydroxyl groups is 1. The molecule has 0 radical (unpaired) electrons. The highest BCUT2D eigenvalue weighted by Crippen LogP contribution is 2.42. The van der Waals surface area contributed by atoms with Crippen molar-refractivity contribution in [2.24, 2.45) is 0 Å². The summed E-state index contributed by atoms with van der Waals surface area (Å²) in [4.78, 5) is 14.0. The van der Waals surface area contributed by atoms with Gasteiger partial charge in [0.2, 0.25) is 5.91 Å². The lowest BCUT2D eigenvalue weighted by Gasteiger charge is -2.26. The van der Waals surface area contributed by atoms with Crippen LogP contribution in [-0.2, 0) is 4.79 Å². The molecule has 144 valence electrons. The smallest absolute Gasteiger partial charge is 0.225 e. The molecule has 7 heteroatoms. The summed E-state index contributed by atoms with van der Waals surface area (Å²) in [6, 6.07) is 18.6. The maximum absolute atomic E-state index is 12.4. The van der Waals surface area contributed by atoms with Crippen molar-refractivity contribution in [3.05, 3.63) is 71.8 Å². The number of rotatable bonds is 3. The van der Waals surface area contributed by atoms with E-state index in [1.165, 1.54) is 7.11 Å². The molecule has 0 fully saturated rings. The second-order valence-corrected chi connectivity index (χ2v) is 6.96. The van der Waals surface area contributed by atoms with E-state index in [0.29, 0.717) is 5.75 Å². The van der Waals surface area contributed by atoms with E-state index in [1.807, 2.05) is 48.5 Å². The van der Waals surface area contributed by atoms with E-state index in [-0.39, 0.29) is 24.0 Å². The molecule has 2 heterocycles. The third-order valence-electron chi connectivity index (χ3n) is 5.20. The summed E-state index contributed by atoms with van der Waals surface area (Å²) < 4.78 is 5.26. The van der Waals surface area contributed by atoms with Crippen LogP contribution in [0.3, 0.4) is 0 Å². The molecule has 0 aliphatic carbocycles. The third-order valence-corrected chi connectivity index (χ3v) is 5.20. The first kappa shape index (κ1) is 17.2. The fourth-order valence-electron chi connectivity index (χ4n) is 3.82. The number of phenols is 1. The fourth-order valence-corrected chi connectivity index (χ4v) is 3.82. The van der Waals surface area contributed by atoms with Crippen LogP contribution in [0.25, 0.3) is 16.7 Å². The highest BCUT2D eigenvalue weighted by Gasteiger charge is 2.30. The first-order chi connectivity index (χ1) is 14.1. The molecule has 1 aromatic heterocycles. The largest absolute Gasteiger partial charge is 0.504 e. The van der Waals surface area contributed by atoms with Crippen molar-refractivity contribution >= 4 is 22.6 Å². The van der Waals surface area contributed by atoms with Gasteiger partial charge in [-0.2, -0.15) is 4.80 Å². The Kier molecular flexibility index (Phi) is 3.94. The van der Waals surface area contributed by atoms with Crippen LogP contribution in [0.4, 0.5) is 5.69 Å². The van der Waals surface area contributed by atoms with Crippen LogP contribution in [0.15, 0.2) is 60.7 Å². The third kappa shape index (κ3) is 2.87. The standard InChI is InChI=1S/C22H18N4O3/c1-29-19-11-13(7-10-18(19)27)15-12-20(28)23-16-8-9-17-22(21(15)16)25-26(24-17)14-5-3-2-4-6-14/h2-11,15,27H,12H2,1H3,(H,23,28)/t15-/m1/s1. The van der Waals surface area contributed by atoms with Gasteiger partial charge in [-0.05, 0) is 42.0 Å². The van der Waals surface area contributed by atoms with Crippen molar-refractivity contribution in [2.75, 3.05) is 12.4 Å². The fraction of sp³-hybridized carbons (Fsp3) is 0.136. The number of amides is 1. The number of methoxy groups -OCH3 is 1. The molecule has 5 rings (SSSR count). The first-order valence-corrected chi connectivity index (χ1v) is 9.26. The molecular formula is C22H18N4O3. The van der Waals surface area contributed by atoms with Gasteiger partial charge in [-0.3, -0.25) is 4.79 Å². The van der Waals surface area contributed by atoms with E-state index in [4.69, 9.17) is 9.84 Å². The maximum atomic E-state index is 12.4. The molecule has 0 saturated heterocycles. The average molecular weight is 386 g/mol. The summed E-state index contributed by atoms with van der Waals surface area (Å²) >= 11 is 0.